The molecule has 0 bridgehead atoms. The van der Waals surface area contributed by atoms with E-state index in [1.165, 1.54) is 11.3 Å². The summed E-state index contributed by atoms with van der Waals surface area (Å²) in [7, 11) is -3.74. The molecule has 8 heteroatoms. The molecule has 36 heavy (non-hydrogen) atoms. The maximum Gasteiger partial charge on any atom is 0.244 e. The van der Waals surface area contributed by atoms with Crippen molar-refractivity contribution in [3.05, 3.63) is 64.7 Å². The number of sulfonamides is 1. The molecule has 0 heterocycles. The zero-order valence-electron chi connectivity index (χ0n) is 22.1. The van der Waals surface area contributed by atoms with Crippen LogP contribution in [0, 0.1) is 20.8 Å². The van der Waals surface area contributed by atoms with E-state index in [9.17, 15) is 18.0 Å². The highest BCUT2D eigenvalue weighted by Gasteiger charge is 2.31. The second kappa shape index (κ2) is 11.9. The van der Waals surface area contributed by atoms with E-state index >= 15 is 0 Å². The Labute approximate surface area is 215 Å². The van der Waals surface area contributed by atoms with Gasteiger partial charge in [0.05, 0.1) is 11.9 Å². The van der Waals surface area contributed by atoms with Crippen LogP contribution in [0.2, 0.25) is 0 Å². The van der Waals surface area contributed by atoms with Crippen LogP contribution in [0.4, 0.5) is 5.69 Å². The van der Waals surface area contributed by atoms with Crippen LogP contribution in [0.3, 0.4) is 0 Å². The summed E-state index contributed by atoms with van der Waals surface area (Å²) in [6.07, 6.45) is 6.34. The minimum absolute atomic E-state index is 0.118. The number of carbonyl (C=O) groups excluding carboxylic acids is 2. The van der Waals surface area contributed by atoms with Crippen LogP contribution >= 0.6 is 0 Å². The summed E-state index contributed by atoms with van der Waals surface area (Å²) in [5, 5.41) is 3.12. The molecule has 1 aliphatic carbocycles. The summed E-state index contributed by atoms with van der Waals surface area (Å²) in [5.74, 6) is -0.631. The Hall–Kier alpha value is -2.87. The first-order chi connectivity index (χ1) is 17.0. The van der Waals surface area contributed by atoms with Gasteiger partial charge >= 0.3 is 0 Å². The summed E-state index contributed by atoms with van der Waals surface area (Å²) < 4.78 is 26.7. The van der Waals surface area contributed by atoms with Crippen molar-refractivity contribution in [3.63, 3.8) is 0 Å². The van der Waals surface area contributed by atoms with Gasteiger partial charge < -0.3 is 10.2 Å². The van der Waals surface area contributed by atoms with Crippen molar-refractivity contribution >= 4 is 27.5 Å². The zero-order valence-corrected chi connectivity index (χ0v) is 22.9. The third kappa shape index (κ3) is 7.32. The molecule has 1 N–H and O–H groups in total. The topological polar surface area (TPSA) is 86.8 Å². The van der Waals surface area contributed by atoms with E-state index in [-0.39, 0.29) is 25.0 Å². The number of hydrogen-bond donors (Lipinski definition) is 1. The highest BCUT2D eigenvalue weighted by molar-refractivity contribution is 7.92. The predicted molar refractivity (Wildman–Crippen MR) is 144 cm³/mol. The van der Waals surface area contributed by atoms with Crippen molar-refractivity contribution in [2.45, 2.75) is 78.4 Å². The molecule has 1 fully saturated rings. The Kier molecular flexibility index (Phi) is 9.17. The molecular formula is C28H39N3O4S. The van der Waals surface area contributed by atoms with Crippen molar-refractivity contribution in [1.29, 1.82) is 0 Å². The molecule has 1 saturated carbocycles. The third-order valence-corrected chi connectivity index (χ3v) is 7.98. The lowest BCUT2D eigenvalue weighted by atomic mass is 9.95. The molecule has 1 atom stereocenters. The molecule has 196 valence electrons. The van der Waals surface area contributed by atoms with Crippen LogP contribution in [0.25, 0.3) is 0 Å². The van der Waals surface area contributed by atoms with Crippen molar-refractivity contribution in [2.75, 3.05) is 17.1 Å². The van der Waals surface area contributed by atoms with Crippen LogP contribution in [0.5, 0.6) is 0 Å². The van der Waals surface area contributed by atoms with E-state index < -0.39 is 22.0 Å². The standard InChI is InChI=1S/C28H39N3O4S/c1-20-10-9-11-24(17-20)18-30(23(4)28(33)29-25-12-7-6-8-13-25)27(32)19-31(36(5,34)35)26-15-14-21(2)16-22(26)3/h9-11,14-17,23,25H,6-8,12-13,18-19H2,1-5H3,(H,29,33)/t23-/m1/s1. The van der Waals surface area contributed by atoms with Gasteiger partial charge in [0.2, 0.25) is 21.8 Å². The molecular weight excluding hydrogens is 474 g/mol. The average Bonchev–Trinajstić information content (AvgIpc) is 2.81. The molecule has 0 radical (unpaired) electrons. The SMILES string of the molecule is Cc1cccc(CN(C(=O)CN(c2ccc(C)cc2C)S(C)(=O)=O)[C@H](C)C(=O)NC2CCCCC2)c1. The van der Waals surface area contributed by atoms with Gasteiger partial charge in [0.1, 0.15) is 12.6 Å². The largest absolute Gasteiger partial charge is 0.352 e. The van der Waals surface area contributed by atoms with Crippen LogP contribution in [0.15, 0.2) is 42.5 Å². The number of carbonyl (C=O) groups is 2. The van der Waals surface area contributed by atoms with Gasteiger partial charge in [0, 0.05) is 12.6 Å². The fourth-order valence-corrected chi connectivity index (χ4v) is 5.75. The number of aryl methyl sites for hydroxylation is 3. The van der Waals surface area contributed by atoms with Crippen LogP contribution in [-0.2, 0) is 26.2 Å². The van der Waals surface area contributed by atoms with E-state index in [1.807, 2.05) is 57.2 Å². The van der Waals surface area contributed by atoms with Crippen molar-refractivity contribution in [1.82, 2.24) is 10.2 Å². The quantitative estimate of drug-likeness (QED) is 0.543. The lowest BCUT2D eigenvalue weighted by Gasteiger charge is -2.33. The summed E-state index contributed by atoms with van der Waals surface area (Å²) in [6.45, 7) is 7.28. The van der Waals surface area contributed by atoms with Gasteiger partial charge in [-0.15, -0.1) is 0 Å². The fourth-order valence-electron chi connectivity index (χ4n) is 4.84. The molecule has 2 aromatic carbocycles. The van der Waals surface area contributed by atoms with Crippen molar-refractivity contribution in [3.8, 4) is 0 Å². The van der Waals surface area contributed by atoms with Gasteiger partial charge in [-0.25, -0.2) is 8.42 Å². The maximum absolute atomic E-state index is 13.7. The second-order valence-corrected chi connectivity index (χ2v) is 12.0. The van der Waals surface area contributed by atoms with E-state index in [4.69, 9.17) is 0 Å². The summed E-state index contributed by atoms with van der Waals surface area (Å²) in [5.41, 5.74) is 4.17. The molecule has 1 aliphatic rings. The number of nitrogens with one attached hydrogen (secondary N) is 1. The van der Waals surface area contributed by atoms with Gasteiger partial charge in [-0.05, 0) is 57.7 Å². The van der Waals surface area contributed by atoms with Gasteiger partial charge in [0.15, 0.2) is 0 Å². The van der Waals surface area contributed by atoms with E-state index in [0.717, 1.165) is 58.5 Å². The molecule has 3 rings (SSSR count). The lowest BCUT2D eigenvalue weighted by Crippen LogP contribution is -2.53. The van der Waals surface area contributed by atoms with Gasteiger partial charge in [-0.1, -0.05) is 66.8 Å². The smallest absolute Gasteiger partial charge is 0.244 e. The molecule has 0 aliphatic heterocycles. The zero-order chi connectivity index (χ0) is 26.5. The Bertz CT molecular complexity index is 1190. The summed E-state index contributed by atoms with van der Waals surface area (Å²) >= 11 is 0. The first-order valence-corrected chi connectivity index (χ1v) is 14.5. The second-order valence-electron chi connectivity index (χ2n) is 10.1. The summed E-state index contributed by atoms with van der Waals surface area (Å²) in [4.78, 5) is 28.4. The highest BCUT2D eigenvalue weighted by Crippen LogP contribution is 2.24. The Morgan fingerprint density at radius 3 is 2.28 bits per heavy atom. The maximum atomic E-state index is 13.7. The molecule has 2 aromatic rings. The molecule has 0 spiro atoms. The van der Waals surface area contributed by atoms with Crippen LogP contribution < -0.4 is 9.62 Å². The number of amides is 2. The predicted octanol–water partition coefficient (Wildman–Crippen LogP) is 4.24. The minimum atomic E-state index is -3.74. The van der Waals surface area contributed by atoms with Crippen LogP contribution in [-0.4, -0.2) is 50.0 Å². The van der Waals surface area contributed by atoms with Gasteiger partial charge in [-0.3, -0.25) is 13.9 Å². The normalized spacial score (nSPS) is 15.2. The molecule has 0 aromatic heterocycles. The summed E-state index contributed by atoms with van der Waals surface area (Å²) in [6, 6.07) is 12.6. The first kappa shape index (κ1) is 27.7. The average molecular weight is 514 g/mol. The van der Waals surface area contributed by atoms with Crippen molar-refractivity contribution < 1.29 is 18.0 Å². The number of benzene rings is 2. The molecule has 7 nitrogen and oxygen atoms in total. The number of hydrogen-bond acceptors (Lipinski definition) is 4. The Morgan fingerprint density at radius 1 is 1.00 bits per heavy atom. The van der Waals surface area contributed by atoms with E-state index in [2.05, 4.69) is 5.32 Å². The third-order valence-electron chi connectivity index (χ3n) is 6.85. The number of anilines is 1. The molecule has 0 saturated heterocycles. The first-order valence-electron chi connectivity index (χ1n) is 12.7. The Balaban J connectivity index is 1.89. The fraction of sp³-hybridized carbons (Fsp3) is 0.500. The Morgan fingerprint density at radius 2 is 1.67 bits per heavy atom. The molecule has 0 unspecified atom stereocenters. The highest BCUT2D eigenvalue weighted by atomic mass is 32.2. The van der Waals surface area contributed by atoms with E-state index in [0.29, 0.717) is 5.69 Å². The van der Waals surface area contributed by atoms with E-state index in [1.54, 1.807) is 13.0 Å². The number of rotatable bonds is 9. The van der Waals surface area contributed by atoms with Gasteiger partial charge in [-0.2, -0.15) is 0 Å². The monoisotopic (exact) mass is 513 g/mol. The minimum Gasteiger partial charge on any atom is -0.352 e. The lowest BCUT2D eigenvalue weighted by molar-refractivity contribution is -0.139. The molecule has 2 amide bonds. The van der Waals surface area contributed by atoms with Crippen molar-refractivity contribution in [2.24, 2.45) is 0 Å². The van der Waals surface area contributed by atoms with Crippen LogP contribution in [0.1, 0.15) is 61.3 Å². The van der Waals surface area contributed by atoms with Gasteiger partial charge in [0.25, 0.3) is 0 Å². The number of nitrogens with zero attached hydrogens (tertiary/aromatic N) is 2.